The van der Waals surface area contributed by atoms with Crippen LogP contribution in [-0.4, -0.2) is 61.5 Å². The molecule has 0 saturated carbocycles. The van der Waals surface area contributed by atoms with Crippen molar-refractivity contribution in [2.75, 3.05) is 44.7 Å². The Morgan fingerprint density at radius 2 is 1.77 bits per heavy atom. The summed E-state index contributed by atoms with van der Waals surface area (Å²) >= 11 is 5.82. The number of likely N-dealkylation sites (N-methyl/N-ethyl adjacent to an activating group) is 1. The second-order valence-electron chi connectivity index (χ2n) is 7.46. The average molecular weight is 430 g/mol. The summed E-state index contributed by atoms with van der Waals surface area (Å²) in [5.74, 6) is 0.770. The minimum absolute atomic E-state index is 0.0427. The lowest BCUT2D eigenvalue weighted by Gasteiger charge is -2.33. The van der Waals surface area contributed by atoms with Gasteiger partial charge in [-0.05, 0) is 49.4 Å². The van der Waals surface area contributed by atoms with Crippen LogP contribution in [0.2, 0.25) is 5.02 Å². The molecule has 0 spiro atoms. The normalized spacial score (nSPS) is 14.4. The van der Waals surface area contributed by atoms with Crippen molar-refractivity contribution in [2.24, 2.45) is 0 Å². The number of piperazine rings is 1. The van der Waals surface area contributed by atoms with Crippen molar-refractivity contribution >= 4 is 29.2 Å². The Morgan fingerprint density at radius 1 is 1.03 bits per heavy atom. The largest absolute Gasteiger partial charge is 0.354 e. The van der Waals surface area contributed by atoms with E-state index in [-0.39, 0.29) is 11.8 Å². The highest BCUT2D eigenvalue weighted by atomic mass is 35.5. The van der Waals surface area contributed by atoms with Gasteiger partial charge in [0.2, 0.25) is 5.91 Å². The number of aromatic nitrogens is 1. The summed E-state index contributed by atoms with van der Waals surface area (Å²) in [6, 6.07) is 10.7. The van der Waals surface area contributed by atoms with Crippen LogP contribution in [0.1, 0.15) is 28.8 Å². The Morgan fingerprint density at radius 3 is 2.43 bits per heavy atom. The number of benzene rings is 1. The molecule has 8 heteroatoms. The molecule has 0 atom stereocenters. The van der Waals surface area contributed by atoms with Gasteiger partial charge in [-0.1, -0.05) is 17.7 Å². The molecular weight excluding hydrogens is 402 g/mol. The lowest BCUT2D eigenvalue weighted by atomic mass is 10.2. The topological polar surface area (TPSA) is 77.6 Å². The number of amides is 2. The summed E-state index contributed by atoms with van der Waals surface area (Å²) < 4.78 is 0. The Labute approximate surface area is 182 Å². The van der Waals surface area contributed by atoms with E-state index in [0.717, 1.165) is 37.6 Å². The number of halogens is 1. The molecule has 2 heterocycles. The minimum atomic E-state index is -0.168. The second-order valence-corrected chi connectivity index (χ2v) is 7.89. The van der Waals surface area contributed by atoms with Crippen molar-refractivity contribution in [1.82, 2.24) is 20.5 Å². The maximum atomic E-state index is 12.0. The lowest BCUT2D eigenvalue weighted by Crippen LogP contribution is -2.44. The Hall–Kier alpha value is -2.64. The molecule has 0 unspecified atom stereocenters. The third-order valence-electron chi connectivity index (χ3n) is 5.10. The predicted octanol–water partition coefficient (Wildman–Crippen LogP) is 2.31. The van der Waals surface area contributed by atoms with Gasteiger partial charge in [0.1, 0.15) is 5.82 Å². The molecule has 30 heavy (non-hydrogen) atoms. The van der Waals surface area contributed by atoms with Crippen LogP contribution in [0.3, 0.4) is 0 Å². The van der Waals surface area contributed by atoms with Crippen LogP contribution < -0.4 is 15.5 Å². The molecule has 1 aromatic carbocycles. The van der Waals surface area contributed by atoms with Gasteiger partial charge in [0.15, 0.2) is 0 Å². The van der Waals surface area contributed by atoms with E-state index in [9.17, 15) is 9.59 Å². The molecule has 0 aliphatic carbocycles. The molecule has 0 bridgehead atoms. The van der Waals surface area contributed by atoms with Gasteiger partial charge in [0, 0.05) is 62.5 Å². The smallest absolute Gasteiger partial charge is 0.251 e. The van der Waals surface area contributed by atoms with Gasteiger partial charge in [-0.15, -0.1) is 0 Å². The molecule has 1 saturated heterocycles. The van der Waals surface area contributed by atoms with Crippen LogP contribution in [0.5, 0.6) is 0 Å². The van der Waals surface area contributed by atoms with E-state index in [1.54, 1.807) is 24.3 Å². The first-order valence-corrected chi connectivity index (χ1v) is 10.6. The highest BCUT2D eigenvalue weighted by molar-refractivity contribution is 6.30. The van der Waals surface area contributed by atoms with E-state index >= 15 is 0 Å². The van der Waals surface area contributed by atoms with Gasteiger partial charge in [-0.2, -0.15) is 0 Å². The quantitative estimate of drug-likeness (QED) is 0.630. The van der Waals surface area contributed by atoms with Crippen molar-refractivity contribution in [2.45, 2.75) is 19.4 Å². The molecule has 1 fully saturated rings. The summed E-state index contributed by atoms with van der Waals surface area (Å²) in [4.78, 5) is 33.2. The zero-order valence-electron chi connectivity index (χ0n) is 17.2. The van der Waals surface area contributed by atoms with Crippen LogP contribution in [0, 0.1) is 0 Å². The fourth-order valence-corrected chi connectivity index (χ4v) is 3.31. The Kier molecular flexibility index (Phi) is 8.04. The van der Waals surface area contributed by atoms with E-state index in [4.69, 9.17) is 11.6 Å². The van der Waals surface area contributed by atoms with E-state index in [0.29, 0.717) is 36.5 Å². The predicted molar refractivity (Wildman–Crippen MR) is 119 cm³/mol. The van der Waals surface area contributed by atoms with E-state index in [2.05, 4.69) is 32.5 Å². The van der Waals surface area contributed by atoms with Crippen molar-refractivity contribution in [1.29, 1.82) is 0 Å². The van der Waals surface area contributed by atoms with Gasteiger partial charge in [0.05, 0.1) is 0 Å². The van der Waals surface area contributed by atoms with Gasteiger partial charge in [-0.25, -0.2) is 4.98 Å². The fourth-order valence-electron chi connectivity index (χ4n) is 3.19. The SMILES string of the molecule is CN1CCN(c2ccc(CNC(=O)CCCNC(=O)c3ccc(Cl)cc3)cn2)CC1. The number of pyridine rings is 1. The van der Waals surface area contributed by atoms with Crippen LogP contribution in [0.15, 0.2) is 42.6 Å². The first kappa shape index (κ1) is 22.1. The molecule has 1 aliphatic rings. The summed E-state index contributed by atoms with van der Waals surface area (Å²) in [5.41, 5.74) is 1.52. The van der Waals surface area contributed by atoms with E-state index in [1.165, 1.54) is 0 Å². The maximum Gasteiger partial charge on any atom is 0.251 e. The molecule has 2 aromatic rings. The Balaban J connectivity index is 1.32. The number of carbonyl (C=O) groups is 2. The summed E-state index contributed by atoms with van der Waals surface area (Å²) in [6.45, 7) is 4.93. The van der Waals surface area contributed by atoms with Crippen molar-refractivity contribution in [3.8, 4) is 0 Å². The summed E-state index contributed by atoms with van der Waals surface area (Å²) in [6.07, 6.45) is 2.75. The van der Waals surface area contributed by atoms with Crippen LogP contribution in [-0.2, 0) is 11.3 Å². The second kappa shape index (κ2) is 10.9. The maximum absolute atomic E-state index is 12.0. The Bertz CT molecular complexity index is 834. The standard InChI is InChI=1S/C22H28ClN5O2/c1-27-11-13-28(14-12-27)20-9-4-17(15-25-20)16-26-21(29)3-2-10-24-22(30)18-5-7-19(23)8-6-18/h4-9,15H,2-3,10-14,16H2,1H3,(H,24,30)(H,26,29). The molecule has 2 N–H and O–H groups in total. The van der Waals surface area contributed by atoms with Crippen molar-refractivity contribution in [3.63, 3.8) is 0 Å². The molecule has 0 radical (unpaired) electrons. The molecule has 160 valence electrons. The minimum Gasteiger partial charge on any atom is -0.354 e. The first-order valence-electron chi connectivity index (χ1n) is 10.2. The third kappa shape index (κ3) is 6.71. The van der Waals surface area contributed by atoms with Gasteiger partial charge >= 0.3 is 0 Å². The fraction of sp³-hybridized carbons (Fsp3) is 0.409. The van der Waals surface area contributed by atoms with Gasteiger partial charge in [-0.3, -0.25) is 9.59 Å². The third-order valence-corrected chi connectivity index (χ3v) is 5.35. The molecular formula is C22H28ClN5O2. The average Bonchev–Trinajstić information content (AvgIpc) is 2.76. The van der Waals surface area contributed by atoms with Gasteiger partial charge in [0.25, 0.3) is 5.91 Å². The van der Waals surface area contributed by atoms with Crippen LogP contribution in [0.25, 0.3) is 0 Å². The monoisotopic (exact) mass is 429 g/mol. The zero-order chi connectivity index (χ0) is 21.3. The van der Waals surface area contributed by atoms with Crippen LogP contribution >= 0.6 is 11.6 Å². The molecule has 7 nitrogen and oxygen atoms in total. The van der Waals surface area contributed by atoms with Crippen molar-refractivity contribution < 1.29 is 9.59 Å². The highest BCUT2D eigenvalue weighted by Crippen LogP contribution is 2.13. The number of nitrogens with one attached hydrogen (secondary N) is 2. The van der Waals surface area contributed by atoms with Gasteiger partial charge < -0.3 is 20.4 Å². The highest BCUT2D eigenvalue weighted by Gasteiger charge is 2.15. The van der Waals surface area contributed by atoms with Crippen LogP contribution in [0.4, 0.5) is 5.82 Å². The number of carbonyl (C=O) groups excluding carboxylic acids is 2. The number of hydrogen-bond acceptors (Lipinski definition) is 5. The molecule has 1 aliphatic heterocycles. The zero-order valence-corrected chi connectivity index (χ0v) is 18.0. The number of rotatable bonds is 8. The van der Waals surface area contributed by atoms with E-state index in [1.807, 2.05) is 18.3 Å². The summed E-state index contributed by atoms with van der Waals surface area (Å²) in [5, 5.41) is 6.30. The first-order chi connectivity index (χ1) is 14.5. The molecule has 2 amide bonds. The number of anilines is 1. The number of hydrogen-bond donors (Lipinski definition) is 2. The molecule has 3 rings (SSSR count). The van der Waals surface area contributed by atoms with Crippen molar-refractivity contribution in [3.05, 3.63) is 58.7 Å². The lowest BCUT2D eigenvalue weighted by molar-refractivity contribution is -0.121. The molecule has 1 aromatic heterocycles. The summed E-state index contributed by atoms with van der Waals surface area (Å²) in [7, 11) is 2.13. The van der Waals surface area contributed by atoms with E-state index < -0.39 is 0 Å². The number of nitrogens with zero attached hydrogens (tertiary/aromatic N) is 3.